The molecular weight excluding hydrogens is 362 g/mol. The summed E-state index contributed by atoms with van der Waals surface area (Å²) in [5, 5.41) is 3.48. The van der Waals surface area contributed by atoms with Crippen molar-refractivity contribution in [3.63, 3.8) is 0 Å². The summed E-state index contributed by atoms with van der Waals surface area (Å²) in [6, 6.07) is 16.2. The van der Waals surface area contributed by atoms with Crippen molar-refractivity contribution < 1.29 is 9.53 Å². The maximum atomic E-state index is 12.9. The van der Waals surface area contributed by atoms with Crippen LogP contribution in [-0.4, -0.2) is 62.1 Å². The summed E-state index contributed by atoms with van der Waals surface area (Å²) in [5.41, 5.74) is 3.15. The number of rotatable bonds is 9. The van der Waals surface area contributed by atoms with Gasteiger partial charge in [-0.3, -0.25) is 4.79 Å². The number of methoxy groups -OCH3 is 1. The normalized spacial score (nSPS) is 16.6. The van der Waals surface area contributed by atoms with Gasteiger partial charge in [0.15, 0.2) is 0 Å². The second kappa shape index (κ2) is 10.3. The standard InChI is InChI=1S/C24H33N3O2/c1-4-27(5-2)24(28)23-12-7-6-11-22(23)19-13-15-26(18-19)16-14-25-20-9-8-10-21(17-20)29-3/h6-12,17,19,25H,4-5,13-16,18H2,1-3H3. The third kappa shape index (κ3) is 5.30. The highest BCUT2D eigenvalue weighted by atomic mass is 16.5. The topological polar surface area (TPSA) is 44.8 Å². The maximum absolute atomic E-state index is 12.9. The molecule has 2 aromatic carbocycles. The molecule has 0 bridgehead atoms. The number of hydrogen-bond acceptors (Lipinski definition) is 4. The minimum Gasteiger partial charge on any atom is -0.497 e. The van der Waals surface area contributed by atoms with E-state index in [1.54, 1.807) is 7.11 Å². The molecule has 0 radical (unpaired) electrons. The van der Waals surface area contributed by atoms with Crippen molar-refractivity contribution in [1.82, 2.24) is 9.80 Å². The molecule has 0 aliphatic carbocycles. The van der Waals surface area contributed by atoms with Crippen LogP contribution in [0.1, 0.15) is 42.1 Å². The molecule has 0 aromatic heterocycles. The molecule has 5 heteroatoms. The Hall–Kier alpha value is -2.53. The predicted octanol–water partition coefficient (Wildman–Crippen LogP) is 4.08. The van der Waals surface area contributed by atoms with Crippen molar-refractivity contribution in [2.75, 3.05) is 51.7 Å². The van der Waals surface area contributed by atoms with Gasteiger partial charge in [0.05, 0.1) is 7.11 Å². The van der Waals surface area contributed by atoms with E-state index in [9.17, 15) is 4.79 Å². The first-order chi connectivity index (χ1) is 14.2. The molecule has 2 aromatic rings. The first-order valence-electron chi connectivity index (χ1n) is 10.6. The Labute approximate surface area is 174 Å². The first-order valence-corrected chi connectivity index (χ1v) is 10.6. The van der Waals surface area contributed by atoms with Crippen molar-refractivity contribution in [1.29, 1.82) is 0 Å². The second-order valence-electron chi connectivity index (χ2n) is 7.51. The summed E-state index contributed by atoms with van der Waals surface area (Å²) in [6.07, 6.45) is 1.10. The van der Waals surface area contributed by atoms with Gasteiger partial charge >= 0.3 is 0 Å². The molecule has 0 saturated carbocycles. The summed E-state index contributed by atoms with van der Waals surface area (Å²) in [5.74, 6) is 1.44. The van der Waals surface area contributed by atoms with Crippen LogP contribution in [0.5, 0.6) is 5.75 Å². The summed E-state index contributed by atoms with van der Waals surface area (Å²) in [7, 11) is 1.69. The van der Waals surface area contributed by atoms with Gasteiger partial charge < -0.3 is 19.9 Å². The number of carbonyl (C=O) groups is 1. The van der Waals surface area contributed by atoms with Crippen LogP contribution in [0.3, 0.4) is 0 Å². The fraction of sp³-hybridized carbons (Fsp3) is 0.458. The molecule has 1 aliphatic heterocycles. The second-order valence-corrected chi connectivity index (χ2v) is 7.51. The summed E-state index contributed by atoms with van der Waals surface area (Å²) in [4.78, 5) is 17.3. The van der Waals surface area contributed by atoms with E-state index in [4.69, 9.17) is 4.74 Å². The van der Waals surface area contributed by atoms with Gasteiger partial charge in [-0.25, -0.2) is 0 Å². The summed E-state index contributed by atoms with van der Waals surface area (Å²) in [6.45, 7) is 9.51. The van der Waals surface area contributed by atoms with Crippen LogP contribution in [0.2, 0.25) is 0 Å². The smallest absolute Gasteiger partial charge is 0.254 e. The largest absolute Gasteiger partial charge is 0.497 e. The average molecular weight is 396 g/mol. The number of nitrogens with one attached hydrogen (secondary N) is 1. The Morgan fingerprint density at radius 1 is 1.17 bits per heavy atom. The van der Waals surface area contributed by atoms with Crippen LogP contribution in [0.25, 0.3) is 0 Å². The fourth-order valence-corrected chi connectivity index (χ4v) is 4.11. The van der Waals surface area contributed by atoms with E-state index in [0.717, 1.165) is 62.7 Å². The zero-order valence-electron chi connectivity index (χ0n) is 17.9. The number of nitrogens with zero attached hydrogens (tertiary/aromatic N) is 2. The molecule has 1 fully saturated rings. The molecule has 0 spiro atoms. The molecule has 1 N–H and O–H groups in total. The van der Waals surface area contributed by atoms with E-state index in [1.807, 2.05) is 49.1 Å². The van der Waals surface area contributed by atoms with Crippen molar-refractivity contribution in [3.05, 3.63) is 59.7 Å². The number of anilines is 1. The van der Waals surface area contributed by atoms with Crippen LogP contribution < -0.4 is 10.1 Å². The molecule has 1 saturated heterocycles. The van der Waals surface area contributed by atoms with Crippen LogP contribution in [0.15, 0.2) is 48.5 Å². The third-order valence-corrected chi connectivity index (χ3v) is 5.78. The van der Waals surface area contributed by atoms with E-state index < -0.39 is 0 Å². The minimum absolute atomic E-state index is 0.156. The van der Waals surface area contributed by atoms with Gasteiger partial charge in [0.25, 0.3) is 5.91 Å². The molecular formula is C24H33N3O2. The SMILES string of the molecule is CCN(CC)C(=O)c1ccccc1C1CCN(CCNc2cccc(OC)c2)C1. The average Bonchev–Trinajstić information content (AvgIpc) is 3.23. The van der Waals surface area contributed by atoms with Gasteiger partial charge in [0, 0.05) is 50.0 Å². The lowest BCUT2D eigenvalue weighted by atomic mass is 9.93. The number of ether oxygens (including phenoxy) is 1. The highest BCUT2D eigenvalue weighted by Gasteiger charge is 2.27. The van der Waals surface area contributed by atoms with E-state index >= 15 is 0 Å². The molecule has 1 aliphatic rings. The van der Waals surface area contributed by atoms with Gasteiger partial charge in [-0.05, 0) is 56.5 Å². The Balaban J connectivity index is 1.57. The highest BCUT2D eigenvalue weighted by molar-refractivity contribution is 5.95. The number of amides is 1. The van der Waals surface area contributed by atoms with Crippen molar-refractivity contribution in [2.24, 2.45) is 0 Å². The zero-order chi connectivity index (χ0) is 20.6. The summed E-state index contributed by atoms with van der Waals surface area (Å²) >= 11 is 0. The predicted molar refractivity (Wildman–Crippen MR) is 119 cm³/mol. The van der Waals surface area contributed by atoms with E-state index in [0.29, 0.717) is 5.92 Å². The molecule has 29 heavy (non-hydrogen) atoms. The van der Waals surface area contributed by atoms with E-state index in [2.05, 4.69) is 28.4 Å². The zero-order valence-corrected chi connectivity index (χ0v) is 17.9. The molecule has 1 amide bonds. The molecule has 1 heterocycles. The van der Waals surface area contributed by atoms with Crippen LogP contribution in [0, 0.1) is 0 Å². The number of benzene rings is 2. The minimum atomic E-state index is 0.156. The lowest BCUT2D eigenvalue weighted by Gasteiger charge is -2.22. The third-order valence-electron chi connectivity index (χ3n) is 5.78. The monoisotopic (exact) mass is 395 g/mol. The molecule has 156 valence electrons. The lowest BCUT2D eigenvalue weighted by Crippen LogP contribution is -2.31. The molecule has 1 unspecified atom stereocenters. The Morgan fingerprint density at radius 2 is 1.97 bits per heavy atom. The van der Waals surface area contributed by atoms with Gasteiger partial charge in [-0.15, -0.1) is 0 Å². The quantitative estimate of drug-likeness (QED) is 0.695. The number of likely N-dealkylation sites (tertiary alicyclic amines) is 1. The van der Waals surface area contributed by atoms with Gasteiger partial charge in [0.2, 0.25) is 0 Å². The van der Waals surface area contributed by atoms with E-state index in [-0.39, 0.29) is 5.91 Å². The first kappa shape index (κ1) is 21.2. The van der Waals surface area contributed by atoms with Gasteiger partial charge in [-0.1, -0.05) is 24.3 Å². The number of hydrogen-bond donors (Lipinski definition) is 1. The van der Waals surface area contributed by atoms with Crippen molar-refractivity contribution >= 4 is 11.6 Å². The van der Waals surface area contributed by atoms with Crippen molar-refractivity contribution in [2.45, 2.75) is 26.2 Å². The van der Waals surface area contributed by atoms with Crippen molar-refractivity contribution in [3.8, 4) is 5.75 Å². The van der Waals surface area contributed by atoms with Gasteiger partial charge in [0.1, 0.15) is 5.75 Å². The Kier molecular flexibility index (Phi) is 7.53. The fourth-order valence-electron chi connectivity index (χ4n) is 4.11. The number of carbonyl (C=O) groups excluding carboxylic acids is 1. The Bertz CT molecular complexity index is 804. The summed E-state index contributed by atoms with van der Waals surface area (Å²) < 4.78 is 5.28. The van der Waals surface area contributed by atoms with E-state index in [1.165, 1.54) is 5.56 Å². The molecule has 3 rings (SSSR count). The van der Waals surface area contributed by atoms with Crippen LogP contribution in [-0.2, 0) is 0 Å². The van der Waals surface area contributed by atoms with Gasteiger partial charge in [-0.2, -0.15) is 0 Å². The molecule has 1 atom stereocenters. The maximum Gasteiger partial charge on any atom is 0.254 e. The Morgan fingerprint density at radius 3 is 2.72 bits per heavy atom. The lowest BCUT2D eigenvalue weighted by molar-refractivity contribution is 0.0771. The van der Waals surface area contributed by atoms with Crippen LogP contribution in [0.4, 0.5) is 5.69 Å². The van der Waals surface area contributed by atoms with Crippen LogP contribution >= 0.6 is 0 Å². The molecule has 5 nitrogen and oxygen atoms in total. The highest BCUT2D eigenvalue weighted by Crippen LogP contribution is 2.30.